The Labute approximate surface area is 178 Å². The van der Waals surface area contributed by atoms with Crippen LogP contribution in [0.5, 0.6) is 5.75 Å². The fraction of sp³-hybridized carbons (Fsp3) is 0.444. The highest BCUT2D eigenvalue weighted by atomic mass is 32.2. The van der Waals surface area contributed by atoms with Crippen molar-refractivity contribution in [2.75, 3.05) is 14.1 Å². The first-order chi connectivity index (χ1) is 13.9. The van der Waals surface area contributed by atoms with E-state index in [-0.39, 0.29) is 16.1 Å². The van der Waals surface area contributed by atoms with Crippen molar-refractivity contribution in [2.24, 2.45) is 0 Å². The van der Waals surface area contributed by atoms with E-state index >= 15 is 0 Å². The topological polar surface area (TPSA) is 122 Å². The summed E-state index contributed by atoms with van der Waals surface area (Å²) >= 11 is -1.88. The highest BCUT2D eigenvalue weighted by Gasteiger charge is 2.22. The number of nitrogens with one attached hydrogen (secondary N) is 2. The van der Waals surface area contributed by atoms with Gasteiger partial charge in [-0.2, -0.15) is 8.93 Å². The van der Waals surface area contributed by atoms with Crippen LogP contribution < -0.4 is 8.91 Å². The molecule has 0 aliphatic carbocycles. The minimum Gasteiger partial charge on any atom is -0.389 e. The van der Waals surface area contributed by atoms with Crippen molar-refractivity contribution in [3.8, 4) is 5.75 Å². The Kier molecular flexibility index (Phi) is 6.05. The van der Waals surface area contributed by atoms with Crippen LogP contribution in [-0.4, -0.2) is 50.8 Å². The maximum atomic E-state index is 12.4. The lowest BCUT2D eigenvalue weighted by atomic mass is 9.93. The second-order valence-corrected chi connectivity index (χ2v) is 11.1. The van der Waals surface area contributed by atoms with Crippen LogP contribution in [0.3, 0.4) is 0 Å². The molecule has 0 aliphatic rings. The Bertz CT molecular complexity index is 1160. The van der Waals surface area contributed by atoms with Crippen LogP contribution in [0.1, 0.15) is 45.3 Å². The van der Waals surface area contributed by atoms with Crippen LogP contribution in [0.4, 0.5) is 0 Å². The summed E-state index contributed by atoms with van der Waals surface area (Å²) in [7, 11) is -0.626. The standard InChI is InChI=1S/C18H26N6O4S2/c1-12(17-20-19-16-11-15(18(2,3)4)21-24(16)17)22-29(25)28-13-7-9-14(10-8-13)30(26,27)23(5)6/h7-12,21-22H,1-6H3. The zero-order valence-corrected chi connectivity index (χ0v) is 19.3. The number of rotatable bonds is 7. The van der Waals surface area contributed by atoms with E-state index in [4.69, 9.17) is 4.18 Å². The van der Waals surface area contributed by atoms with Crippen molar-refractivity contribution in [1.29, 1.82) is 0 Å². The van der Waals surface area contributed by atoms with Gasteiger partial charge in [-0.05, 0) is 31.2 Å². The van der Waals surface area contributed by atoms with E-state index in [1.807, 2.05) is 6.07 Å². The van der Waals surface area contributed by atoms with E-state index in [0.717, 1.165) is 10.00 Å². The highest BCUT2D eigenvalue weighted by Crippen LogP contribution is 2.23. The van der Waals surface area contributed by atoms with Crippen LogP contribution in [-0.2, 0) is 26.7 Å². The summed E-state index contributed by atoms with van der Waals surface area (Å²) in [6, 6.07) is 7.22. The third kappa shape index (κ3) is 4.56. The SMILES string of the molecule is CC(NS(=O)Oc1ccc(S(=O)(=O)N(C)C)cc1)c1nnc2cc(C(C)(C)C)[nH]n12. The molecule has 164 valence electrons. The second-order valence-electron chi connectivity index (χ2n) is 8.09. The Morgan fingerprint density at radius 2 is 1.83 bits per heavy atom. The molecule has 2 atom stereocenters. The summed E-state index contributed by atoms with van der Waals surface area (Å²) in [6.45, 7) is 8.06. The lowest BCUT2D eigenvalue weighted by Crippen LogP contribution is -2.26. The molecule has 1 aromatic carbocycles. The van der Waals surface area contributed by atoms with Gasteiger partial charge >= 0.3 is 0 Å². The zero-order valence-electron chi connectivity index (χ0n) is 17.7. The minimum absolute atomic E-state index is 0.0766. The summed E-state index contributed by atoms with van der Waals surface area (Å²) in [4.78, 5) is 0.124. The number of aromatic amines is 1. The second kappa shape index (κ2) is 8.10. The number of nitrogens with zero attached hydrogens (tertiary/aromatic N) is 4. The fourth-order valence-corrected chi connectivity index (χ4v) is 4.28. The molecule has 0 spiro atoms. The van der Waals surface area contributed by atoms with Crippen LogP contribution in [0, 0.1) is 0 Å². The van der Waals surface area contributed by atoms with E-state index in [1.54, 1.807) is 11.4 Å². The van der Waals surface area contributed by atoms with Crippen LogP contribution >= 0.6 is 0 Å². The molecule has 2 aromatic heterocycles. The van der Waals surface area contributed by atoms with Gasteiger partial charge in [0.25, 0.3) is 11.3 Å². The monoisotopic (exact) mass is 454 g/mol. The van der Waals surface area contributed by atoms with Crippen LogP contribution in [0.2, 0.25) is 0 Å². The molecule has 0 aliphatic heterocycles. The molecule has 0 bridgehead atoms. The lowest BCUT2D eigenvalue weighted by Gasteiger charge is -2.16. The van der Waals surface area contributed by atoms with Gasteiger partial charge in [-0.25, -0.2) is 17.2 Å². The lowest BCUT2D eigenvalue weighted by molar-refractivity contribution is 0.519. The Balaban J connectivity index is 1.69. The van der Waals surface area contributed by atoms with Crippen LogP contribution in [0.15, 0.2) is 35.2 Å². The molecular formula is C18H26N6O4S2. The molecule has 2 unspecified atom stereocenters. The van der Waals surface area contributed by atoms with Gasteiger partial charge in [-0.15, -0.1) is 10.2 Å². The van der Waals surface area contributed by atoms with E-state index in [1.165, 1.54) is 38.4 Å². The average molecular weight is 455 g/mol. The number of benzene rings is 1. The van der Waals surface area contributed by atoms with Gasteiger partial charge in [0.1, 0.15) is 5.75 Å². The molecule has 2 heterocycles. The molecule has 0 radical (unpaired) electrons. The maximum Gasteiger partial charge on any atom is 0.288 e. The molecule has 0 saturated heterocycles. The number of sulfonamides is 1. The van der Waals surface area contributed by atoms with Gasteiger partial charge in [0, 0.05) is 31.3 Å². The summed E-state index contributed by atoms with van der Waals surface area (Å²) in [5.41, 5.74) is 1.60. The van der Waals surface area contributed by atoms with Crippen molar-refractivity contribution in [1.82, 2.24) is 28.8 Å². The number of aromatic nitrogens is 4. The molecule has 0 amide bonds. The zero-order chi connectivity index (χ0) is 22.3. The van der Waals surface area contributed by atoms with E-state index in [9.17, 15) is 12.6 Å². The Morgan fingerprint density at radius 3 is 2.40 bits per heavy atom. The number of hydrogen-bond acceptors (Lipinski definition) is 6. The van der Waals surface area contributed by atoms with Crippen molar-refractivity contribution in [3.63, 3.8) is 0 Å². The van der Waals surface area contributed by atoms with E-state index < -0.39 is 27.3 Å². The number of hydrogen-bond donors (Lipinski definition) is 2. The molecular weight excluding hydrogens is 428 g/mol. The summed E-state index contributed by atoms with van der Waals surface area (Å²) < 4.78 is 47.7. The quantitative estimate of drug-likeness (QED) is 0.562. The number of fused-ring (bicyclic) bond motifs is 1. The highest BCUT2D eigenvalue weighted by molar-refractivity contribution is 7.89. The Morgan fingerprint density at radius 1 is 1.20 bits per heavy atom. The molecule has 0 fully saturated rings. The molecule has 2 N–H and O–H groups in total. The smallest absolute Gasteiger partial charge is 0.288 e. The fourth-order valence-electron chi connectivity index (χ4n) is 2.65. The summed E-state index contributed by atoms with van der Waals surface area (Å²) in [5, 5.41) is 11.6. The third-order valence-corrected chi connectivity index (χ3v) is 7.18. The molecule has 3 aromatic rings. The van der Waals surface area contributed by atoms with Gasteiger partial charge in [0.2, 0.25) is 10.0 Å². The van der Waals surface area contributed by atoms with E-state index in [0.29, 0.717) is 11.5 Å². The van der Waals surface area contributed by atoms with Crippen molar-refractivity contribution < 1.29 is 16.8 Å². The van der Waals surface area contributed by atoms with Crippen LogP contribution in [0.25, 0.3) is 5.65 Å². The van der Waals surface area contributed by atoms with Crippen molar-refractivity contribution in [3.05, 3.63) is 41.9 Å². The molecule has 0 saturated carbocycles. The first-order valence-corrected chi connectivity index (χ1v) is 11.7. The predicted molar refractivity (Wildman–Crippen MR) is 114 cm³/mol. The van der Waals surface area contributed by atoms with Gasteiger partial charge < -0.3 is 4.18 Å². The normalized spacial score (nSPS) is 14.9. The largest absolute Gasteiger partial charge is 0.389 e. The van der Waals surface area contributed by atoms with Gasteiger partial charge in [0.15, 0.2) is 11.5 Å². The van der Waals surface area contributed by atoms with E-state index in [2.05, 4.69) is 40.8 Å². The van der Waals surface area contributed by atoms with Crippen molar-refractivity contribution in [2.45, 2.75) is 44.0 Å². The Hall–Kier alpha value is -2.28. The van der Waals surface area contributed by atoms with Crippen molar-refractivity contribution >= 4 is 26.9 Å². The first-order valence-electron chi connectivity index (χ1n) is 9.23. The van der Waals surface area contributed by atoms with Gasteiger partial charge in [0.05, 0.1) is 10.9 Å². The summed E-state index contributed by atoms with van der Waals surface area (Å²) in [5.74, 6) is 0.830. The molecule has 10 nitrogen and oxygen atoms in total. The van der Waals surface area contributed by atoms with Gasteiger partial charge in [-0.3, -0.25) is 5.10 Å². The summed E-state index contributed by atoms with van der Waals surface area (Å²) in [6.07, 6.45) is 0. The number of H-pyrrole nitrogens is 1. The average Bonchev–Trinajstić information content (AvgIpc) is 3.22. The predicted octanol–water partition coefficient (Wildman–Crippen LogP) is 1.91. The van der Waals surface area contributed by atoms with Gasteiger partial charge in [-0.1, -0.05) is 20.8 Å². The minimum atomic E-state index is -3.54. The molecule has 3 rings (SSSR count). The third-order valence-electron chi connectivity index (χ3n) is 4.46. The maximum absolute atomic E-state index is 12.4. The molecule has 30 heavy (non-hydrogen) atoms. The molecule has 12 heteroatoms. The first kappa shape index (κ1) is 22.4.